The lowest BCUT2D eigenvalue weighted by Gasteiger charge is -2.16. The number of unbranched alkanes of at least 4 members (excludes halogenated alkanes) is 1. The van der Waals surface area contributed by atoms with Crippen molar-refractivity contribution in [2.75, 3.05) is 32.1 Å². The normalized spacial score (nSPS) is 14.8. The molecule has 3 N–H and O–H groups in total. The Balaban J connectivity index is 0.00000341. The Morgan fingerprint density at radius 1 is 1.23 bits per heavy atom. The molecule has 1 unspecified atom stereocenters. The molecule has 0 saturated carbocycles. The number of nitrogens with one attached hydrogen (secondary N) is 3. The lowest BCUT2D eigenvalue weighted by atomic mass is 10.1. The highest BCUT2D eigenvalue weighted by atomic mass is 127. The Morgan fingerprint density at radius 2 is 2.06 bits per heavy atom. The van der Waals surface area contributed by atoms with Crippen molar-refractivity contribution in [3.05, 3.63) is 47.7 Å². The van der Waals surface area contributed by atoms with Crippen LogP contribution < -0.4 is 25.4 Å². The first-order valence-corrected chi connectivity index (χ1v) is 10.7. The molecule has 0 amide bonds. The van der Waals surface area contributed by atoms with Crippen molar-refractivity contribution in [2.24, 2.45) is 4.99 Å². The van der Waals surface area contributed by atoms with Crippen molar-refractivity contribution in [1.29, 1.82) is 0 Å². The topological polar surface area (TPSA) is 79.8 Å². The molecule has 1 aliphatic heterocycles. The van der Waals surface area contributed by atoms with E-state index in [4.69, 9.17) is 9.47 Å². The number of ether oxygens (including phenoxy) is 2. The SMILES string of the molecule is CCOc1cc2c(cc1CNC(=NC)NCCCCNc1ccccn1)OC(C)C2.I. The first-order valence-electron chi connectivity index (χ1n) is 10.7. The van der Waals surface area contributed by atoms with E-state index < -0.39 is 0 Å². The standard InChI is InChI=1S/C23H33N5O2.HI/c1-4-29-20-14-18-13-17(2)30-21(18)15-19(20)16-28-23(24-3)27-12-8-7-11-26-22-9-5-6-10-25-22;/h5-6,9-10,14-15,17H,4,7-8,11-13,16H2,1-3H3,(H,25,26)(H2,24,27,28);1H. The third-order valence-electron chi connectivity index (χ3n) is 4.92. The average molecular weight is 539 g/mol. The molecule has 170 valence electrons. The number of fused-ring (bicyclic) bond motifs is 1. The van der Waals surface area contributed by atoms with Gasteiger partial charge < -0.3 is 25.4 Å². The summed E-state index contributed by atoms with van der Waals surface area (Å²) in [4.78, 5) is 8.59. The van der Waals surface area contributed by atoms with E-state index in [9.17, 15) is 0 Å². The lowest BCUT2D eigenvalue weighted by Crippen LogP contribution is -2.37. The van der Waals surface area contributed by atoms with E-state index in [1.807, 2.05) is 25.1 Å². The maximum Gasteiger partial charge on any atom is 0.191 e. The Morgan fingerprint density at radius 3 is 2.81 bits per heavy atom. The van der Waals surface area contributed by atoms with E-state index in [1.165, 1.54) is 5.56 Å². The average Bonchev–Trinajstić information content (AvgIpc) is 3.12. The van der Waals surface area contributed by atoms with Crippen LogP contribution in [0.15, 0.2) is 41.5 Å². The second-order valence-corrected chi connectivity index (χ2v) is 7.33. The van der Waals surface area contributed by atoms with Crippen LogP contribution in [0.1, 0.15) is 37.8 Å². The van der Waals surface area contributed by atoms with Gasteiger partial charge >= 0.3 is 0 Å². The van der Waals surface area contributed by atoms with Crippen LogP contribution in [0, 0.1) is 0 Å². The molecule has 31 heavy (non-hydrogen) atoms. The van der Waals surface area contributed by atoms with Gasteiger partial charge in [0.25, 0.3) is 0 Å². The molecule has 2 aromatic rings. The predicted molar refractivity (Wildman–Crippen MR) is 137 cm³/mol. The fraction of sp³-hybridized carbons (Fsp3) is 0.478. The van der Waals surface area contributed by atoms with Crippen LogP contribution in [0.25, 0.3) is 0 Å². The quantitative estimate of drug-likeness (QED) is 0.184. The molecule has 1 aromatic carbocycles. The van der Waals surface area contributed by atoms with Gasteiger partial charge in [-0.05, 0) is 51.0 Å². The molecule has 0 spiro atoms. The van der Waals surface area contributed by atoms with Gasteiger partial charge in [-0.1, -0.05) is 6.07 Å². The van der Waals surface area contributed by atoms with Crippen molar-refractivity contribution in [3.63, 3.8) is 0 Å². The predicted octanol–water partition coefficient (Wildman–Crippen LogP) is 3.98. The van der Waals surface area contributed by atoms with Gasteiger partial charge in [0.05, 0.1) is 6.61 Å². The summed E-state index contributed by atoms with van der Waals surface area (Å²) in [5, 5.41) is 10.1. The maximum absolute atomic E-state index is 5.91. The van der Waals surface area contributed by atoms with Crippen LogP contribution in [-0.2, 0) is 13.0 Å². The van der Waals surface area contributed by atoms with E-state index in [2.05, 4.69) is 45.0 Å². The largest absolute Gasteiger partial charge is 0.494 e. The fourth-order valence-electron chi connectivity index (χ4n) is 3.45. The molecular weight excluding hydrogens is 505 g/mol. The first kappa shape index (κ1) is 25.0. The monoisotopic (exact) mass is 539 g/mol. The molecule has 0 aliphatic carbocycles. The Hall–Kier alpha value is -2.23. The van der Waals surface area contributed by atoms with Gasteiger partial charge in [-0.2, -0.15) is 0 Å². The Bertz CT molecular complexity index is 832. The van der Waals surface area contributed by atoms with Crippen molar-refractivity contribution in [3.8, 4) is 11.5 Å². The van der Waals surface area contributed by atoms with Gasteiger partial charge in [0.15, 0.2) is 5.96 Å². The molecule has 1 aromatic heterocycles. The second-order valence-electron chi connectivity index (χ2n) is 7.33. The fourth-order valence-corrected chi connectivity index (χ4v) is 3.45. The van der Waals surface area contributed by atoms with Crippen LogP contribution in [-0.4, -0.2) is 43.8 Å². The molecule has 0 fully saturated rings. The summed E-state index contributed by atoms with van der Waals surface area (Å²) in [5.41, 5.74) is 2.30. The number of anilines is 1. The summed E-state index contributed by atoms with van der Waals surface area (Å²) in [6.45, 7) is 7.12. The molecule has 1 aliphatic rings. The Labute approximate surface area is 202 Å². The smallest absolute Gasteiger partial charge is 0.191 e. The van der Waals surface area contributed by atoms with Crippen LogP contribution in [0.4, 0.5) is 5.82 Å². The zero-order chi connectivity index (χ0) is 21.2. The highest BCUT2D eigenvalue weighted by molar-refractivity contribution is 14.0. The summed E-state index contributed by atoms with van der Waals surface area (Å²) in [7, 11) is 1.79. The lowest BCUT2D eigenvalue weighted by molar-refractivity contribution is 0.254. The van der Waals surface area contributed by atoms with E-state index >= 15 is 0 Å². The number of rotatable bonds is 10. The summed E-state index contributed by atoms with van der Waals surface area (Å²) in [5.74, 6) is 3.58. The van der Waals surface area contributed by atoms with E-state index in [0.717, 1.165) is 61.2 Å². The third-order valence-corrected chi connectivity index (χ3v) is 4.92. The molecule has 3 rings (SSSR count). The third kappa shape index (κ3) is 7.75. The van der Waals surface area contributed by atoms with Crippen molar-refractivity contribution >= 4 is 35.8 Å². The Kier molecular flexibility index (Phi) is 10.7. The summed E-state index contributed by atoms with van der Waals surface area (Å²) in [6, 6.07) is 10.1. The molecule has 8 heteroatoms. The van der Waals surface area contributed by atoms with Gasteiger partial charge in [0.2, 0.25) is 0 Å². The number of hydrogen-bond acceptors (Lipinski definition) is 5. The van der Waals surface area contributed by atoms with Crippen LogP contribution in [0.2, 0.25) is 0 Å². The molecule has 1 atom stereocenters. The number of guanidine groups is 1. The van der Waals surface area contributed by atoms with Gasteiger partial charge in [0, 0.05) is 50.4 Å². The molecule has 0 radical (unpaired) electrons. The van der Waals surface area contributed by atoms with E-state index in [1.54, 1.807) is 13.2 Å². The molecular formula is C23H34IN5O2. The van der Waals surface area contributed by atoms with Crippen LogP contribution in [0.3, 0.4) is 0 Å². The van der Waals surface area contributed by atoms with Crippen molar-refractivity contribution in [2.45, 2.75) is 45.8 Å². The number of pyridine rings is 1. The zero-order valence-corrected chi connectivity index (χ0v) is 20.9. The highest BCUT2D eigenvalue weighted by Crippen LogP contribution is 2.35. The number of benzene rings is 1. The zero-order valence-electron chi connectivity index (χ0n) is 18.6. The first-order chi connectivity index (χ1) is 14.7. The molecule has 0 saturated heterocycles. The van der Waals surface area contributed by atoms with Gasteiger partial charge in [0.1, 0.15) is 23.4 Å². The number of aromatic nitrogens is 1. The number of hydrogen-bond donors (Lipinski definition) is 3. The van der Waals surface area contributed by atoms with Gasteiger partial charge in [-0.15, -0.1) is 24.0 Å². The van der Waals surface area contributed by atoms with Crippen molar-refractivity contribution in [1.82, 2.24) is 15.6 Å². The number of nitrogens with zero attached hydrogens (tertiary/aromatic N) is 2. The maximum atomic E-state index is 5.91. The second kappa shape index (κ2) is 13.2. The summed E-state index contributed by atoms with van der Waals surface area (Å²) >= 11 is 0. The van der Waals surface area contributed by atoms with Gasteiger partial charge in [-0.3, -0.25) is 4.99 Å². The van der Waals surface area contributed by atoms with E-state index in [-0.39, 0.29) is 30.1 Å². The van der Waals surface area contributed by atoms with Crippen LogP contribution >= 0.6 is 24.0 Å². The van der Waals surface area contributed by atoms with Crippen molar-refractivity contribution < 1.29 is 9.47 Å². The summed E-state index contributed by atoms with van der Waals surface area (Å²) in [6.07, 6.45) is 5.04. The number of halogens is 1. The molecule has 2 heterocycles. The van der Waals surface area contributed by atoms with Crippen LogP contribution in [0.5, 0.6) is 11.5 Å². The minimum Gasteiger partial charge on any atom is -0.494 e. The molecule has 7 nitrogen and oxygen atoms in total. The number of aliphatic imine (C=N–C) groups is 1. The summed E-state index contributed by atoms with van der Waals surface area (Å²) < 4.78 is 11.8. The minimum absolute atomic E-state index is 0. The molecule has 0 bridgehead atoms. The van der Waals surface area contributed by atoms with E-state index in [0.29, 0.717) is 13.2 Å². The minimum atomic E-state index is 0. The highest BCUT2D eigenvalue weighted by Gasteiger charge is 2.21. The van der Waals surface area contributed by atoms with Gasteiger partial charge in [-0.25, -0.2) is 4.98 Å².